The monoisotopic (exact) mass is 428 g/mol. The maximum atomic E-state index is 11.5. The SMILES string of the molecule is CCCCC[C@@H](CCCCCCCCCCCc1cc(O)cc(O)c1)S(=O)(=O)O. The maximum Gasteiger partial charge on any atom is 0.267 e. The second-order valence-corrected chi connectivity index (χ2v) is 9.91. The highest BCUT2D eigenvalue weighted by Crippen LogP contribution is 2.22. The van der Waals surface area contributed by atoms with Gasteiger partial charge in [0.25, 0.3) is 10.1 Å². The molecular weight excluding hydrogens is 388 g/mol. The fraction of sp³-hybridized carbons (Fsp3) is 0.739. The topological polar surface area (TPSA) is 94.8 Å². The smallest absolute Gasteiger partial charge is 0.267 e. The van der Waals surface area contributed by atoms with Crippen LogP contribution in [0.15, 0.2) is 18.2 Å². The summed E-state index contributed by atoms with van der Waals surface area (Å²) in [6.45, 7) is 2.09. The summed E-state index contributed by atoms with van der Waals surface area (Å²) in [5.41, 5.74) is 0.973. The van der Waals surface area contributed by atoms with E-state index in [1.165, 1.54) is 31.7 Å². The molecule has 0 aliphatic rings. The third-order valence-corrected chi connectivity index (χ3v) is 6.82. The van der Waals surface area contributed by atoms with Crippen molar-refractivity contribution >= 4 is 10.1 Å². The first-order valence-corrected chi connectivity index (χ1v) is 12.8. The molecule has 0 saturated carbocycles. The van der Waals surface area contributed by atoms with Crippen LogP contribution < -0.4 is 0 Å². The zero-order chi connectivity index (χ0) is 21.5. The molecule has 1 aromatic carbocycles. The Labute approximate surface area is 177 Å². The average molecular weight is 429 g/mol. The van der Waals surface area contributed by atoms with E-state index in [9.17, 15) is 23.2 Å². The van der Waals surface area contributed by atoms with Crippen molar-refractivity contribution in [2.24, 2.45) is 0 Å². The minimum absolute atomic E-state index is 0.115. The second-order valence-electron chi connectivity index (χ2n) is 8.21. The van der Waals surface area contributed by atoms with E-state index in [1.807, 2.05) is 0 Å². The number of phenolic OH excluding ortho intramolecular Hbond substituents is 2. The molecule has 0 bridgehead atoms. The van der Waals surface area contributed by atoms with E-state index in [4.69, 9.17) is 0 Å². The third kappa shape index (κ3) is 12.8. The average Bonchev–Trinajstić information content (AvgIpc) is 2.63. The Morgan fingerprint density at radius 3 is 1.66 bits per heavy atom. The van der Waals surface area contributed by atoms with Gasteiger partial charge in [0.2, 0.25) is 0 Å². The van der Waals surface area contributed by atoms with E-state index in [0.29, 0.717) is 12.8 Å². The van der Waals surface area contributed by atoms with Gasteiger partial charge in [-0.15, -0.1) is 0 Å². The molecule has 0 saturated heterocycles. The molecular formula is C23H40O5S. The van der Waals surface area contributed by atoms with E-state index in [2.05, 4.69) is 6.92 Å². The van der Waals surface area contributed by atoms with Gasteiger partial charge in [0.1, 0.15) is 11.5 Å². The predicted molar refractivity (Wildman–Crippen MR) is 119 cm³/mol. The van der Waals surface area contributed by atoms with Crippen molar-refractivity contribution in [1.29, 1.82) is 0 Å². The minimum atomic E-state index is -3.91. The first-order valence-electron chi connectivity index (χ1n) is 11.3. The fourth-order valence-corrected chi connectivity index (χ4v) is 4.73. The Morgan fingerprint density at radius 1 is 0.724 bits per heavy atom. The standard InChI is InChI=1S/C23H40O5S/c1-2-3-11-15-23(29(26,27)28)16-13-10-8-6-4-5-7-9-12-14-20-17-21(24)19-22(25)18-20/h17-19,23-25H,2-16H2,1H3,(H,26,27,28)/t23-/m0/s1. The first-order chi connectivity index (χ1) is 13.8. The van der Waals surface area contributed by atoms with Gasteiger partial charge in [0, 0.05) is 6.07 Å². The number of hydrogen-bond donors (Lipinski definition) is 3. The number of aromatic hydroxyl groups is 2. The van der Waals surface area contributed by atoms with Gasteiger partial charge >= 0.3 is 0 Å². The summed E-state index contributed by atoms with van der Waals surface area (Å²) in [5, 5.41) is 18.4. The van der Waals surface area contributed by atoms with Crippen LogP contribution in [0.1, 0.15) is 102 Å². The van der Waals surface area contributed by atoms with Gasteiger partial charge < -0.3 is 10.2 Å². The van der Waals surface area contributed by atoms with Gasteiger partial charge in [-0.3, -0.25) is 4.55 Å². The summed E-state index contributed by atoms with van der Waals surface area (Å²) in [4.78, 5) is 0. The molecule has 0 heterocycles. The van der Waals surface area contributed by atoms with E-state index >= 15 is 0 Å². The summed E-state index contributed by atoms with van der Waals surface area (Å²) in [6.07, 6.45) is 14.9. The first kappa shape index (κ1) is 25.8. The number of rotatable bonds is 17. The van der Waals surface area contributed by atoms with Crippen molar-refractivity contribution in [3.8, 4) is 11.5 Å². The van der Waals surface area contributed by atoms with Crippen LogP contribution in [0, 0.1) is 0 Å². The van der Waals surface area contributed by atoms with Crippen LogP contribution >= 0.6 is 0 Å². The van der Waals surface area contributed by atoms with E-state index < -0.39 is 15.4 Å². The molecule has 168 valence electrons. The Kier molecular flexibility index (Phi) is 13.0. The molecule has 3 N–H and O–H groups in total. The molecule has 0 unspecified atom stereocenters. The van der Waals surface area contributed by atoms with Crippen molar-refractivity contribution < 1.29 is 23.2 Å². The quantitative estimate of drug-likeness (QED) is 0.198. The largest absolute Gasteiger partial charge is 0.508 e. The molecule has 1 aromatic rings. The second kappa shape index (κ2) is 14.7. The summed E-state index contributed by atoms with van der Waals surface area (Å²) in [5.74, 6) is 0.229. The van der Waals surface area contributed by atoms with Gasteiger partial charge in [-0.1, -0.05) is 77.6 Å². The molecule has 1 rings (SSSR count). The van der Waals surface area contributed by atoms with E-state index in [0.717, 1.165) is 63.4 Å². The molecule has 0 aliphatic carbocycles. The summed E-state index contributed by atoms with van der Waals surface area (Å²) < 4.78 is 32.3. The number of hydrogen-bond acceptors (Lipinski definition) is 4. The van der Waals surface area contributed by atoms with Gasteiger partial charge in [0.05, 0.1) is 5.25 Å². The Morgan fingerprint density at radius 2 is 1.17 bits per heavy atom. The Balaban J connectivity index is 2.01. The molecule has 0 amide bonds. The lowest BCUT2D eigenvalue weighted by Gasteiger charge is -2.13. The van der Waals surface area contributed by atoms with Gasteiger partial charge in [0.15, 0.2) is 0 Å². The molecule has 6 heteroatoms. The van der Waals surface area contributed by atoms with Crippen molar-refractivity contribution in [2.75, 3.05) is 0 Å². The summed E-state index contributed by atoms with van der Waals surface area (Å²) in [7, 11) is -3.91. The Hall–Kier alpha value is -1.27. The summed E-state index contributed by atoms with van der Waals surface area (Å²) >= 11 is 0. The van der Waals surface area contributed by atoms with E-state index in [1.54, 1.807) is 12.1 Å². The van der Waals surface area contributed by atoms with Crippen LogP contribution in [0.2, 0.25) is 0 Å². The highest BCUT2D eigenvalue weighted by atomic mass is 32.2. The van der Waals surface area contributed by atoms with Crippen LogP contribution in [0.4, 0.5) is 0 Å². The lowest BCUT2D eigenvalue weighted by molar-refractivity contribution is 0.443. The minimum Gasteiger partial charge on any atom is -0.508 e. The highest BCUT2D eigenvalue weighted by Gasteiger charge is 2.21. The zero-order valence-corrected chi connectivity index (χ0v) is 18.8. The molecule has 1 atom stereocenters. The van der Waals surface area contributed by atoms with Crippen LogP contribution in [0.3, 0.4) is 0 Å². The van der Waals surface area contributed by atoms with Crippen molar-refractivity contribution in [2.45, 2.75) is 108 Å². The van der Waals surface area contributed by atoms with Gasteiger partial charge in [-0.25, -0.2) is 0 Å². The molecule has 0 radical (unpaired) electrons. The van der Waals surface area contributed by atoms with Crippen LogP contribution in [-0.4, -0.2) is 28.4 Å². The molecule has 0 aromatic heterocycles. The number of benzene rings is 1. The van der Waals surface area contributed by atoms with E-state index in [-0.39, 0.29) is 11.5 Å². The van der Waals surface area contributed by atoms with Gasteiger partial charge in [-0.2, -0.15) is 8.42 Å². The van der Waals surface area contributed by atoms with Crippen molar-refractivity contribution in [1.82, 2.24) is 0 Å². The molecule has 5 nitrogen and oxygen atoms in total. The van der Waals surface area contributed by atoms with Crippen LogP contribution in [-0.2, 0) is 16.5 Å². The number of phenols is 2. The Bertz CT molecular complexity index is 637. The fourth-order valence-electron chi connectivity index (χ4n) is 3.80. The van der Waals surface area contributed by atoms with Crippen molar-refractivity contribution in [3.63, 3.8) is 0 Å². The predicted octanol–water partition coefficient (Wildman–Crippen LogP) is 6.38. The zero-order valence-electron chi connectivity index (χ0n) is 18.0. The van der Waals surface area contributed by atoms with Crippen LogP contribution in [0.25, 0.3) is 0 Å². The van der Waals surface area contributed by atoms with Crippen molar-refractivity contribution in [3.05, 3.63) is 23.8 Å². The molecule has 0 aliphatic heterocycles. The highest BCUT2D eigenvalue weighted by molar-refractivity contribution is 7.86. The van der Waals surface area contributed by atoms with Crippen LogP contribution in [0.5, 0.6) is 11.5 Å². The van der Waals surface area contributed by atoms with Gasteiger partial charge in [-0.05, 0) is 43.4 Å². The number of unbranched alkanes of at least 4 members (excludes halogenated alkanes) is 10. The summed E-state index contributed by atoms with van der Waals surface area (Å²) in [6, 6.07) is 4.76. The normalized spacial score (nSPS) is 12.9. The lowest BCUT2D eigenvalue weighted by Crippen LogP contribution is -2.20. The molecule has 0 fully saturated rings. The third-order valence-electron chi connectivity index (χ3n) is 5.50. The molecule has 29 heavy (non-hydrogen) atoms. The molecule has 0 spiro atoms. The maximum absolute atomic E-state index is 11.5. The lowest BCUT2D eigenvalue weighted by atomic mass is 10.0. The number of aryl methyl sites for hydroxylation is 1.